The predicted octanol–water partition coefficient (Wildman–Crippen LogP) is 3.19. The van der Waals surface area contributed by atoms with Gasteiger partial charge in [0.25, 0.3) is 0 Å². The molecule has 4 heteroatoms. The summed E-state index contributed by atoms with van der Waals surface area (Å²) in [5, 5.41) is 8.70. The number of aromatic carboxylic acids is 1. The van der Waals surface area contributed by atoms with E-state index in [9.17, 15) is 9.18 Å². The van der Waals surface area contributed by atoms with Crippen LogP contribution in [0.1, 0.15) is 17.3 Å². The van der Waals surface area contributed by atoms with E-state index in [1.807, 2.05) is 19.1 Å². The summed E-state index contributed by atoms with van der Waals surface area (Å²) in [7, 11) is 0. The van der Waals surface area contributed by atoms with E-state index in [4.69, 9.17) is 5.11 Å². The van der Waals surface area contributed by atoms with E-state index < -0.39 is 11.8 Å². The highest BCUT2D eigenvalue weighted by Gasteiger charge is 2.10. The first-order chi connectivity index (χ1) is 7.15. The molecule has 0 aromatic heterocycles. The Morgan fingerprint density at radius 3 is 2.93 bits per heavy atom. The molecule has 0 aliphatic heterocycles. The lowest BCUT2D eigenvalue weighted by molar-refractivity contribution is 0.0691. The van der Waals surface area contributed by atoms with Crippen molar-refractivity contribution in [2.24, 2.45) is 0 Å². The molecule has 1 N–H and O–H groups in total. The molecule has 1 rings (SSSR count). The number of thioether (sulfide) groups is 1. The third kappa shape index (κ3) is 3.40. The van der Waals surface area contributed by atoms with Crippen molar-refractivity contribution in [2.75, 3.05) is 5.75 Å². The van der Waals surface area contributed by atoms with Gasteiger partial charge in [0.15, 0.2) is 0 Å². The van der Waals surface area contributed by atoms with E-state index in [-0.39, 0.29) is 5.56 Å². The molecule has 0 atom stereocenters. The van der Waals surface area contributed by atoms with Crippen LogP contribution in [0.5, 0.6) is 0 Å². The molecule has 0 spiro atoms. The van der Waals surface area contributed by atoms with Crippen molar-refractivity contribution in [2.45, 2.75) is 11.8 Å². The van der Waals surface area contributed by atoms with E-state index in [2.05, 4.69) is 0 Å². The average Bonchev–Trinajstić information content (AvgIpc) is 2.20. The van der Waals surface area contributed by atoms with Crippen molar-refractivity contribution in [1.82, 2.24) is 0 Å². The minimum absolute atomic E-state index is 0.277. The second-order valence-corrected chi connectivity index (χ2v) is 3.92. The van der Waals surface area contributed by atoms with E-state index in [1.165, 1.54) is 23.9 Å². The Bertz CT molecular complexity index is 388. The van der Waals surface area contributed by atoms with Crippen molar-refractivity contribution in [3.63, 3.8) is 0 Å². The van der Waals surface area contributed by atoms with Crippen molar-refractivity contribution >= 4 is 17.7 Å². The van der Waals surface area contributed by atoms with Gasteiger partial charge in [-0.15, -0.1) is 11.8 Å². The molecular weight excluding hydrogens is 215 g/mol. The minimum atomic E-state index is -1.24. The topological polar surface area (TPSA) is 37.3 Å². The van der Waals surface area contributed by atoms with Gasteiger partial charge in [0, 0.05) is 10.6 Å². The lowest BCUT2D eigenvalue weighted by Gasteiger charge is -2.01. The van der Waals surface area contributed by atoms with Gasteiger partial charge in [-0.2, -0.15) is 0 Å². The van der Waals surface area contributed by atoms with Gasteiger partial charge in [0.05, 0.1) is 5.56 Å². The number of benzene rings is 1. The number of carboxylic acids is 1. The molecule has 0 fully saturated rings. The maximum Gasteiger partial charge on any atom is 0.338 e. The van der Waals surface area contributed by atoms with Gasteiger partial charge >= 0.3 is 5.97 Å². The van der Waals surface area contributed by atoms with Gasteiger partial charge in [-0.3, -0.25) is 0 Å². The van der Waals surface area contributed by atoms with Gasteiger partial charge < -0.3 is 5.11 Å². The zero-order valence-corrected chi connectivity index (χ0v) is 9.05. The molecule has 80 valence electrons. The summed E-state index contributed by atoms with van der Waals surface area (Å²) >= 11 is 1.47. The third-order valence-electron chi connectivity index (χ3n) is 1.75. The molecule has 0 amide bonds. The van der Waals surface area contributed by atoms with Crippen molar-refractivity contribution in [3.05, 3.63) is 41.7 Å². The Morgan fingerprint density at radius 2 is 2.33 bits per heavy atom. The lowest BCUT2D eigenvalue weighted by atomic mass is 10.2. The van der Waals surface area contributed by atoms with Crippen LogP contribution in [0.4, 0.5) is 4.39 Å². The molecule has 0 unspecified atom stereocenters. The van der Waals surface area contributed by atoms with Crippen molar-refractivity contribution in [1.29, 1.82) is 0 Å². The molecule has 1 aromatic rings. The van der Waals surface area contributed by atoms with E-state index >= 15 is 0 Å². The summed E-state index contributed by atoms with van der Waals surface area (Å²) in [6, 6.07) is 4.11. The van der Waals surface area contributed by atoms with Crippen LogP contribution in [-0.2, 0) is 0 Å². The number of hydrogen-bond acceptors (Lipinski definition) is 2. The first kappa shape index (κ1) is 11.8. The molecule has 15 heavy (non-hydrogen) atoms. The summed E-state index contributed by atoms with van der Waals surface area (Å²) in [6.45, 7) is 1.91. The highest BCUT2D eigenvalue weighted by atomic mass is 32.2. The Morgan fingerprint density at radius 1 is 1.60 bits per heavy atom. The number of allylic oxidation sites excluding steroid dienone is 1. The number of rotatable bonds is 4. The highest BCUT2D eigenvalue weighted by molar-refractivity contribution is 7.99. The predicted molar refractivity (Wildman–Crippen MR) is 58.9 cm³/mol. The molecular formula is C11H11FO2S. The van der Waals surface area contributed by atoms with Gasteiger partial charge in [0.1, 0.15) is 5.82 Å². The van der Waals surface area contributed by atoms with E-state index in [0.717, 1.165) is 10.6 Å². The summed E-state index contributed by atoms with van der Waals surface area (Å²) < 4.78 is 13.0. The van der Waals surface area contributed by atoms with Crippen LogP contribution in [-0.4, -0.2) is 16.8 Å². The molecule has 0 bridgehead atoms. The first-order valence-corrected chi connectivity index (χ1v) is 5.40. The molecule has 0 saturated carbocycles. The molecule has 0 radical (unpaired) electrons. The molecule has 0 aliphatic rings. The Hall–Kier alpha value is -1.29. The first-order valence-electron chi connectivity index (χ1n) is 4.42. The van der Waals surface area contributed by atoms with Crippen molar-refractivity contribution in [3.8, 4) is 0 Å². The zero-order chi connectivity index (χ0) is 11.3. The summed E-state index contributed by atoms with van der Waals surface area (Å²) in [6.07, 6.45) is 3.86. The maximum absolute atomic E-state index is 13.0. The zero-order valence-electron chi connectivity index (χ0n) is 8.24. The minimum Gasteiger partial charge on any atom is -0.478 e. The van der Waals surface area contributed by atoms with E-state index in [1.54, 1.807) is 6.07 Å². The quantitative estimate of drug-likeness (QED) is 0.632. The number of hydrogen-bond donors (Lipinski definition) is 1. The molecule has 0 heterocycles. The molecule has 1 aromatic carbocycles. The summed E-state index contributed by atoms with van der Waals surface area (Å²) in [5.74, 6) is -1.18. The monoisotopic (exact) mass is 226 g/mol. The molecule has 2 nitrogen and oxygen atoms in total. The largest absolute Gasteiger partial charge is 0.478 e. The van der Waals surface area contributed by atoms with Crippen LogP contribution in [0.15, 0.2) is 35.2 Å². The SMILES string of the molecule is C/C=C/CSc1ccc(F)c(C(=O)O)c1. The van der Waals surface area contributed by atoms with Crippen LogP contribution in [0.2, 0.25) is 0 Å². The second kappa shape index (κ2) is 5.56. The summed E-state index contributed by atoms with van der Waals surface area (Å²) in [5.41, 5.74) is -0.277. The summed E-state index contributed by atoms with van der Waals surface area (Å²) in [4.78, 5) is 11.4. The van der Waals surface area contributed by atoms with Crippen molar-refractivity contribution < 1.29 is 14.3 Å². The van der Waals surface area contributed by atoms with Crippen LogP contribution in [0, 0.1) is 5.82 Å². The van der Waals surface area contributed by atoms with Gasteiger partial charge in [-0.05, 0) is 25.1 Å². The van der Waals surface area contributed by atoms with Gasteiger partial charge in [-0.1, -0.05) is 12.2 Å². The van der Waals surface area contributed by atoms with Crippen LogP contribution < -0.4 is 0 Å². The van der Waals surface area contributed by atoms with Gasteiger partial charge in [-0.25, -0.2) is 9.18 Å². The number of carbonyl (C=O) groups is 1. The van der Waals surface area contributed by atoms with Gasteiger partial charge in [0.2, 0.25) is 0 Å². The van der Waals surface area contributed by atoms with Crippen LogP contribution in [0.3, 0.4) is 0 Å². The Kier molecular flexibility index (Phi) is 4.37. The fourth-order valence-corrected chi connectivity index (χ4v) is 1.85. The Labute approximate surface area is 91.8 Å². The fraction of sp³-hybridized carbons (Fsp3) is 0.182. The molecule has 0 aliphatic carbocycles. The number of halogens is 1. The number of carboxylic acid groups (broad SMARTS) is 1. The lowest BCUT2D eigenvalue weighted by Crippen LogP contribution is -2.00. The third-order valence-corrected chi connectivity index (χ3v) is 2.70. The second-order valence-electron chi connectivity index (χ2n) is 2.83. The highest BCUT2D eigenvalue weighted by Crippen LogP contribution is 2.21. The standard InChI is InChI=1S/C11H11FO2S/c1-2-3-6-15-8-4-5-10(12)9(7-8)11(13)14/h2-5,7H,6H2,1H3,(H,13,14)/b3-2+. The maximum atomic E-state index is 13.0. The van der Waals surface area contributed by atoms with E-state index in [0.29, 0.717) is 0 Å². The normalized spacial score (nSPS) is 10.8. The average molecular weight is 226 g/mol. The Balaban J connectivity index is 2.83. The fourth-order valence-electron chi connectivity index (χ4n) is 0.999. The van der Waals surface area contributed by atoms with Crippen LogP contribution in [0.25, 0.3) is 0 Å². The smallest absolute Gasteiger partial charge is 0.338 e. The molecule has 0 saturated heterocycles. The van der Waals surface area contributed by atoms with Crippen LogP contribution >= 0.6 is 11.8 Å².